The SMILES string of the molecule is CNC(=O)CCNc1nnc(C(C)NC)o1. The van der Waals surface area contributed by atoms with E-state index >= 15 is 0 Å². The van der Waals surface area contributed by atoms with Gasteiger partial charge in [0.1, 0.15) is 0 Å². The van der Waals surface area contributed by atoms with Crippen molar-refractivity contribution in [1.82, 2.24) is 20.8 Å². The Bertz CT molecular complexity index is 338. The molecule has 1 atom stereocenters. The van der Waals surface area contributed by atoms with E-state index in [2.05, 4.69) is 26.1 Å². The van der Waals surface area contributed by atoms with Crippen LogP contribution in [0.3, 0.4) is 0 Å². The van der Waals surface area contributed by atoms with E-state index < -0.39 is 0 Å². The van der Waals surface area contributed by atoms with Gasteiger partial charge in [0.15, 0.2) is 0 Å². The van der Waals surface area contributed by atoms with Crippen LogP contribution in [0.4, 0.5) is 6.01 Å². The van der Waals surface area contributed by atoms with Gasteiger partial charge in [0.05, 0.1) is 6.04 Å². The number of hydrogen-bond acceptors (Lipinski definition) is 6. The van der Waals surface area contributed by atoms with Crippen molar-refractivity contribution in [3.8, 4) is 0 Å². The Hall–Kier alpha value is -1.63. The molecule has 90 valence electrons. The number of aromatic nitrogens is 2. The van der Waals surface area contributed by atoms with E-state index in [1.165, 1.54) is 0 Å². The van der Waals surface area contributed by atoms with E-state index in [1.54, 1.807) is 7.05 Å². The van der Waals surface area contributed by atoms with Gasteiger partial charge in [-0.25, -0.2) is 0 Å². The zero-order chi connectivity index (χ0) is 12.0. The summed E-state index contributed by atoms with van der Waals surface area (Å²) < 4.78 is 5.32. The van der Waals surface area contributed by atoms with Crippen molar-refractivity contribution >= 4 is 11.9 Å². The van der Waals surface area contributed by atoms with Crippen molar-refractivity contribution in [3.63, 3.8) is 0 Å². The average Bonchev–Trinajstić information content (AvgIpc) is 2.76. The van der Waals surface area contributed by atoms with Crippen LogP contribution in [0, 0.1) is 0 Å². The smallest absolute Gasteiger partial charge is 0.315 e. The van der Waals surface area contributed by atoms with Gasteiger partial charge < -0.3 is 20.4 Å². The maximum Gasteiger partial charge on any atom is 0.315 e. The predicted molar refractivity (Wildman–Crippen MR) is 58.9 cm³/mol. The van der Waals surface area contributed by atoms with Crippen LogP contribution in [-0.2, 0) is 4.79 Å². The number of anilines is 1. The molecule has 1 rings (SSSR count). The fraction of sp³-hybridized carbons (Fsp3) is 0.667. The van der Waals surface area contributed by atoms with E-state index in [0.29, 0.717) is 24.9 Å². The largest absolute Gasteiger partial charge is 0.406 e. The molecule has 7 nitrogen and oxygen atoms in total. The zero-order valence-electron chi connectivity index (χ0n) is 9.70. The molecule has 0 radical (unpaired) electrons. The molecule has 1 aromatic rings. The minimum absolute atomic E-state index is 0.0157. The van der Waals surface area contributed by atoms with Crippen LogP contribution in [0.2, 0.25) is 0 Å². The molecule has 0 aromatic carbocycles. The highest BCUT2D eigenvalue weighted by Crippen LogP contribution is 2.12. The first-order chi connectivity index (χ1) is 7.67. The standard InChI is InChI=1S/C9H17N5O2/c1-6(10-2)8-13-14-9(16-8)12-5-4-7(15)11-3/h6,10H,4-5H2,1-3H3,(H,11,15)(H,12,14). The fourth-order valence-electron chi connectivity index (χ4n) is 1.01. The third kappa shape index (κ3) is 3.50. The van der Waals surface area contributed by atoms with Gasteiger partial charge in [-0.1, -0.05) is 5.10 Å². The molecule has 0 saturated carbocycles. The summed E-state index contributed by atoms with van der Waals surface area (Å²) in [5.74, 6) is 0.487. The normalized spacial score (nSPS) is 12.2. The molecule has 3 N–H and O–H groups in total. The fourth-order valence-corrected chi connectivity index (χ4v) is 1.01. The summed E-state index contributed by atoms with van der Waals surface area (Å²) in [7, 11) is 3.41. The van der Waals surface area contributed by atoms with Crippen molar-refractivity contribution < 1.29 is 9.21 Å². The molecule has 0 aliphatic heterocycles. The Morgan fingerprint density at radius 1 is 1.44 bits per heavy atom. The molecule has 0 bridgehead atoms. The van der Waals surface area contributed by atoms with Gasteiger partial charge in [-0.05, 0) is 14.0 Å². The summed E-state index contributed by atoms with van der Waals surface area (Å²) in [5, 5.41) is 16.1. The Kier molecular flexibility index (Phi) is 4.71. The van der Waals surface area contributed by atoms with Crippen molar-refractivity contribution in [2.45, 2.75) is 19.4 Å². The zero-order valence-corrected chi connectivity index (χ0v) is 9.70. The van der Waals surface area contributed by atoms with Crippen molar-refractivity contribution in [1.29, 1.82) is 0 Å². The lowest BCUT2D eigenvalue weighted by Gasteiger charge is -2.03. The van der Waals surface area contributed by atoms with E-state index in [0.717, 1.165) is 0 Å². The lowest BCUT2D eigenvalue weighted by Crippen LogP contribution is -2.20. The highest BCUT2D eigenvalue weighted by molar-refractivity contribution is 5.75. The summed E-state index contributed by atoms with van der Waals surface area (Å²) in [4.78, 5) is 10.9. The van der Waals surface area contributed by atoms with Crippen LogP contribution in [0.1, 0.15) is 25.3 Å². The maximum atomic E-state index is 10.9. The molecule has 1 aromatic heterocycles. The van der Waals surface area contributed by atoms with Gasteiger partial charge in [0.25, 0.3) is 0 Å². The molecule has 0 aliphatic rings. The molecule has 1 amide bonds. The molecule has 1 heterocycles. The van der Waals surface area contributed by atoms with Crippen LogP contribution in [0.15, 0.2) is 4.42 Å². The van der Waals surface area contributed by atoms with Crippen LogP contribution < -0.4 is 16.0 Å². The van der Waals surface area contributed by atoms with Crippen molar-refractivity contribution in [2.75, 3.05) is 26.0 Å². The number of hydrogen-bond donors (Lipinski definition) is 3. The number of carbonyl (C=O) groups excluding carboxylic acids is 1. The Labute approximate surface area is 94.0 Å². The molecule has 7 heteroatoms. The van der Waals surface area contributed by atoms with Gasteiger partial charge in [0, 0.05) is 20.0 Å². The molecular weight excluding hydrogens is 210 g/mol. The predicted octanol–water partition coefficient (Wildman–Crippen LogP) is -0.102. The lowest BCUT2D eigenvalue weighted by molar-refractivity contribution is -0.120. The monoisotopic (exact) mass is 227 g/mol. The molecule has 1 unspecified atom stereocenters. The number of nitrogens with one attached hydrogen (secondary N) is 3. The van der Waals surface area contributed by atoms with Crippen LogP contribution in [0.5, 0.6) is 0 Å². The molecule has 0 spiro atoms. The first-order valence-corrected chi connectivity index (χ1v) is 5.12. The first kappa shape index (κ1) is 12.4. The molecule has 0 saturated heterocycles. The molecular formula is C9H17N5O2. The first-order valence-electron chi connectivity index (χ1n) is 5.12. The third-order valence-electron chi connectivity index (χ3n) is 2.15. The van der Waals surface area contributed by atoms with Gasteiger partial charge in [-0.2, -0.15) is 0 Å². The van der Waals surface area contributed by atoms with Gasteiger partial charge in [-0.15, -0.1) is 5.10 Å². The summed E-state index contributed by atoms with van der Waals surface area (Å²) in [6, 6.07) is 0.350. The van der Waals surface area contributed by atoms with E-state index in [4.69, 9.17) is 4.42 Å². The van der Waals surface area contributed by atoms with Gasteiger partial charge >= 0.3 is 6.01 Å². The Balaban J connectivity index is 2.37. The third-order valence-corrected chi connectivity index (χ3v) is 2.15. The highest BCUT2D eigenvalue weighted by Gasteiger charge is 2.11. The minimum Gasteiger partial charge on any atom is -0.406 e. The van der Waals surface area contributed by atoms with Crippen molar-refractivity contribution in [3.05, 3.63) is 5.89 Å². The van der Waals surface area contributed by atoms with E-state index in [9.17, 15) is 4.79 Å². The number of carbonyl (C=O) groups is 1. The minimum atomic E-state index is -0.0316. The van der Waals surface area contributed by atoms with Crippen LogP contribution in [-0.4, -0.2) is 36.7 Å². The Morgan fingerprint density at radius 3 is 2.81 bits per heavy atom. The second kappa shape index (κ2) is 6.06. The molecule has 0 fully saturated rings. The topological polar surface area (TPSA) is 92.1 Å². The van der Waals surface area contributed by atoms with E-state index in [1.807, 2.05) is 14.0 Å². The van der Waals surface area contributed by atoms with Crippen molar-refractivity contribution in [2.24, 2.45) is 0 Å². The summed E-state index contributed by atoms with van der Waals surface area (Å²) in [5.41, 5.74) is 0. The van der Waals surface area contributed by atoms with Gasteiger partial charge in [-0.3, -0.25) is 4.79 Å². The number of amides is 1. The van der Waals surface area contributed by atoms with Crippen LogP contribution in [0.25, 0.3) is 0 Å². The van der Waals surface area contributed by atoms with Crippen LogP contribution >= 0.6 is 0 Å². The summed E-state index contributed by atoms with van der Waals surface area (Å²) in [6.07, 6.45) is 0.371. The molecule has 0 aliphatic carbocycles. The van der Waals surface area contributed by atoms with Gasteiger partial charge in [0.2, 0.25) is 11.8 Å². The number of rotatable bonds is 6. The summed E-state index contributed by atoms with van der Waals surface area (Å²) in [6.45, 7) is 2.39. The summed E-state index contributed by atoms with van der Waals surface area (Å²) >= 11 is 0. The average molecular weight is 227 g/mol. The Morgan fingerprint density at radius 2 is 2.19 bits per heavy atom. The quantitative estimate of drug-likeness (QED) is 0.628. The van der Waals surface area contributed by atoms with E-state index in [-0.39, 0.29) is 11.9 Å². The second-order valence-electron chi connectivity index (χ2n) is 3.31. The number of nitrogens with zero attached hydrogens (tertiary/aromatic N) is 2. The second-order valence-corrected chi connectivity index (χ2v) is 3.31. The maximum absolute atomic E-state index is 10.9. The lowest BCUT2D eigenvalue weighted by atomic mass is 10.3. The highest BCUT2D eigenvalue weighted by atomic mass is 16.4. The molecule has 16 heavy (non-hydrogen) atoms.